The molecular formula is C20H22N8O. The zero-order valence-corrected chi connectivity index (χ0v) is 15.9. The van der Waals surface area contributed by atoms with Crippen LogP contribution in [0.25, 0.3) is 5.69 Å². The molecule has 9 nitrogen and oxygen atoms in total. The van der Waals surface area contributed by atoms with Crippen molar-refractivity contribution >= 4 is 11.7 Å². The van der Waals surface area contributed by atoms with Crippen LogP contribution in [0, 0.1) is 5.92 Å². The summed E-state index contributed by atoms with van der Waals surface area (Å²) in [6.45, 7) is -0.203. The van der Waals surface area contributed by atoms with Gasteiger partial charge in [-0.25, -0.2) is 9.67 Å². The molecule has 4 heterocycles. The number of hydrogen-bond donors (Lipinski definition) is 2. The number of aliphatic hydroxyl groups is 1. The molecule has 2 aliphatic heterocycles. The lowest BCUT2D eigenvalue weighted by Gasteiger charge is -2.45. The van der Waals surface area contributed by atoms with E-state index in [0.29, 0.717) is 23.3 Å². The molecule has 0 saturated heterocycles. The molecule has 3 aromatic rings. The van der Waals surface area contributed by atoms with Gasteiger partial charge in [-0.3, -0.25) is 10.3 Å². The zero-order chi connectivity index (χ0) is 19.4. The third-order valence-corrected chi connectivity index (χ3v) is 6.35. The van der Waals surface area contributed by atoms with Crippen LogP contribution in [0.1, 0.15) is 43.1 Å². The number of amidine groups is 1. The van der Waals surface area contributed by atoms with Crippen molar-refractivity contribution in [2.45, 2.75) is 44.5 Å². The van der Waals surface area contributed by atoms with Gasteiger partial charge in [-0.05, 0) is 25.0 Å². The maximum Gasteiger partial charge on any atom is 0.184 e. The number of nitrogens with one attached hydrogen (secondary N) is 1. The van der Waals surface area contributed by atoms with Gasteiger partial charge in [0, 0.05) is 12.0 Å². The third kappa shape index (κ3) is 2.37. The van der Waals surface area contributed by atoms with Gasteiger partial charge in [-0.15, -0.1) is 5.10 Å². The maximum atomic E-state index is 9.95. The van der Waals surface area contributed by atoms with Gasteiger partial charge in [0.2, 0.25) is 0 Å². The molecule has 1 aliphatic carbocycles. The summed E-state index contributed by atoms with van der Waals surface area (Å²) in [6.07, 6.45) is 8.71. The summed E-state index contributed by atoms with van der Waals surface area (Å²) in [4.78, 5) is 6.65. The molecule has 3 unspecified atom stereocenters. The minimum atomic E-state index is -0.203. The molecule has 29 heavy (non-hydrogen) atoms. The van der Waals surface area contributed by atoms with Crippen molar-refractivity contribution in [3.63, 3.8) is 0 Å². The van der Waals surface area contributed by atoms with Gasteiger partial charge in [0.05, 0.1) is 24.8 Å². The molecule has 3 aliphatic rings. The number of fused-ring (bicyclic) bond motifs is 6. The topological polar surface area (TPSA) is 96.4 Å². The summed E-state index contributed by atoms with van der Waals surface area (Å²) in [6, 6.07) is 10.3. The summed E-state index contributed by atoms with van der Waals surface area (Å²) in [5.41, 5.74) is 5.47. The largest absolute Gasteiger partial charge is 0.390 e. The van der Waals surface area contributed by atoms with E-state index < -0.39 is 0 Å². The number of aliphatic hydroxyl groups excluding tert-OH is 1. The second-order valence-corrected chi connectivity index (χ2v) is 7.84. The van der Waals surface area contributed by atoms with Crippen LogP contribution in [0.4, 0.5) is 5.82 Å². The molecule has 0 spiro atoms. The molecule has 3 atom stereocenters. The predicted molar refractivity (Wildman–Crippen MR) is 106 cm³/mol. The Morgan fingerprint density at radius 3 is 2.86 bits per heavy atom. The lowest BCUT2D eigenvalue weighted by Crippen LogP contribution is -2.54. The van der Waals surface area contributed by atoms with Crippen molar-refractivity contribution in [2.75, 3.05) is 4.90 Å². The van der Waals surface area contributed by atoms with Gasteiger partial charge in [-0.1, -0.05) is 36.3 Å². The monoisotopic (exact) mass is 390 g/mol. The molecule has 0 amide bonds. The number of hydrazone groups is 1. The first-order valence-electron chi connectivity index (χ1n) is 10.1. The molecule has 1 aromatic carbocycles. The van der Waals surface area contributed by atoms with E-state index in [1.165, 1.54) is 19.3 Å². The average molecular weight is 390 g/mol. The quantitative estimate of drug-likeness (QED) is 0.708. The number of para-hydroxylation sites is 1. The Kier molecular flexibility index (Phi) is 3.70. The van der Waals surface area contributed by atoms with Crippen LogP contribution in [0.3, 0.4) is 0 Å². The van der Waals surface area contributed by atoms with E-state index in [2.05, 4.69) is 30.2 Å². The number of rotatable bonds is 3. The Bertz CT molecular complexity index is 1070. The Morgan fingerprint density at radius 2 is 2.00 bits per heavy atom. The smallest absolute Gasteiger partial charge is 0.184 e. The van der Waals surface area contributed by atoms with Crippen molar-refractivity contribution in [2.24, 2.45) is 11.0 Å². The van der Waals surface area contributed by atoms with Gasteiger partial charge in [0.25, 0.3) is 0 Å². The van der Waals surface area contributed by atoms with E-state index >= 15 is 0 Å². The summed E-state index contributed by atoms with van der Waals surface area (Å²) in [5.74, 6) is 2.19. The van der Waals surface area contributed by atoms with Crippen LogP contribution in [0.2, 0.25) is 0 Å². The fraction of sp³-hybridized carbons (Fsp3) is 0.400. The number of imidazole rings is 1. The molecule has 1 fully saturated rings. The summed E-state index contributed by atoms with van der Waals surface area (Å²) in [5, 5.41) is 23.2. The highest BCUT2D eigenvalue weighted by atomic mass is 16.3. The highest BCUT2D eigenvalue weighted by Gasteiger charge is 2.47. The molecule has 148 valence electrons. The molecule has 2 N–H and O–H groups in total. The Labute approximate surface area is 167 Å². The number of aromatic nitrogens is 5. The maximum absolute atomic E-state index is 9.95. The van der Waals surface area contributed by atoms with Crippen LogP contribution in [0.5, 0.6) is 0 Å². The number of benzene rings is 1. The van der Waals surface area contributed by atoms with E-state index in [4.69, 9.17) is 5.10 Å². The van der Waals surface area contributed by atoms with Crippen LogP contribution in [-0.2, 0) is 6.61 Å². The normalized spacial score (nSPS) is 25.1. The lowest BCUT2D eigenvalue weighted by molar-refractivity contribution is 0.176. The van der Waals surface area contributed by atoms with Gasteiger partial charge >= 0.3 is 0 Å². The number of hydrogen-bond acceptors (Lipinski definition) is 7. The fourth-order valence-corrected chi connectivity index (χ4v) is 5.06. The van der Waals surface area contributed by atoms with Gasteiger partial charge in [0.15, 0.2) is 5.84 Å². The van der Waals surface area contributed by atoms with Crippen LogP contribution in [-0.4, -0.2) is 41.7 Å². The molecule has 0 bridgehead atoms. The highest BCUT2D eigenvalue weighted by molar-refractivity contribution is 6.11. The summed E-state index contributed by atoms with van der Waals surface area (Å²) < 4.78 is 4.04. The first-order chi connectivity index (χ1) is 14.4. The standard InChI is InChI=1S/C20H22N8O/c29-11-15-18(28(25-22-15)13-6-2-1-3-7-13)20-24-23-19-14-8-4-5-9-16(14)26-12-21-10-17(26)27(19)20/h1-3,6-7,10,12,14,16,19,23,29H,4-5,8-9,11H2. The lowest BCUT2D eigenvalue weighted by atomic mass is 9.80. The minimum Gasteiger partial charge on any atom is -0.390 e. The minimum absolute atomic E-state index is 0.0742. The van der Waals surface area contributed by atoms with E-state index in [0.717, 1.165) is 23.8 Å². The van der Waals surface area contributed by atoms with Crippen molar-refractivity contribution in [1.82, 2.24) is 30.0 Å². The molecular weight excluding hydrogens is 368 g/mol. The zero-order valence-electron chi connectivity index (χ0n) is 15.9. The fourth-order valence-electron chi connectivity index (χ4n) is 5.06. The van der Waals surface area contributed by atoms with Gasteiger partial charge in [0.1, 0.15) is 23.4 Å². The molecule has 1 saturated carbocycles. The van der Waals surface area contributed by atoms with Crippen LogP contribution >= 0.6 is 0 Å². The first-order valence-corrected chi connectivity index (χ1v) is 10.1. The van der Waals surface area contributed by atoms with Crippen molar-refractivity contribution in [1.29, 1.82) is 0 Å². The number of anilines is 1. The Balaban J connectivity index is 1.50. The molecule has 9 heteroatoms. The Hall–Kier alpha value is -3.20. The van der Waals surface area contributed by atoms with Gasteiger partial charge in [-0.2, -0.15) is 5.10 Å². The van der Waals surface area contributed by atoms with Gasteiger partial charge < -0.3 is 9.67 Å². The van der Waals surface area contributed by atoms with Crippen LogP contribution in [0.15, 0.2) is 48.0 Å². The first kappa shape index (κ1) is 16.7. The van der Waals surface area contributed by atoms with Crippen molar-refractivity contribution in [3.8, 4) is 5.69 Å². The predicted octanol–water partition coefficient (Wildman–Crippen LogP) is 1.80. The highest BCUT2D eigenvalue weighted by Crippen LogP contribution is 2.45. The average Bonchev–Trinajstić information content (AvgIpc) is 3.51. The van der Waals surface area contributed by atoms with E-state index in [-0.39, 0.29) is 12.8 Å². The SMILES string of the molecule is OCc1nnn(-c2ccccc2)c1C1=NNC2C3CCCCC3n3cncc3N12. The Morgan fingerprint density at radius 1 is 1.14 bits per heavy atom. The summed E-state index contributed by atoms with van der Waals surface area (Å²) in [7, 11) is 0. The number of nitrogens with zero attached hydrogens (tertiary/aromatic N) is 7. The van der Waals surface area contributed by atoms with E-state index in [1.54, 1.807) is 4.68 Å². The second-order valence-electron chi connectivity index (χ2n) is 7.84. The van der Waals surface area contributed by atoms with E-state index in [1.807, 2.05) is 42.9 Å². The molecule has 6 rings (SSSR count). The van der Waals surface area contributed by atoms with Crippen molar-refractivity contribution < 1.29 is 5.11 Å². The molecule has 0 radical (unpaired) electrons. The second kappa shape index (κ2) is 6.41. The third-order valence-electron chi connectivity index (χ3n) is 6.35. The summed E-state index contributed by atoms with van der Waals surface area (Å²) >= 11 is 0. The molecule has 2 aromatic heterocycles. The van der Waals surface area contributed by atoms with Crippen molar-refractivity contribution in [3.05, 3.63) is 54.2 Å². The van der Waals surface area contributed by atoms with E-state index in [9.17, 15) is 5.11 Å². The van der Waals surface area contributed by atoms with Crippen LogP contribution < -0.4 is 10.3 Å².